The first-order valence-corrected chi connectivity index (χ1v) is 8.89. The second-order valence-corrected chi connectivity index (χ2v) is 6.64. The highest BCUT2D eigenvalue weighted by Gasteiger charge is 2.25. The SMILES string of the molecule is c1cnnc(N2CCC[C@H]2CNCc2nc(-c3cccs3)no2)c1. The molecular formula is C16H18N6OS. The molecule has 0 radical (unpaired) electrons. The summed E-state index contributed by atoms with van der Waals surface area (Å²) in [6.07, 6.45) is 4.02. The van der Waals surface area contributed by atoms with E-state index in [2.05, 4.69) is 30.6 Å². The molecule has 8 heteroatoms. The van der Waals surface area contributed by atoms with Crippen molar-refractivity contribution in [1.82, 2.24) is 25.7 Å². The minimum absolute atomic E-state index is 0.418. The van der Waals surface area contributed by atoms with E-state index in [0.29, 0.717) is 24.3 Å². The fraction of sp³-hybridized carbons (Fsp3) is 0.375. The van der Waals surface area contributed by atoms with Crippen LogP contribution in [0.25, 0.3) is 10.7 Å². The van der Waals surface area contributed by atoms with E-state index in [9.17, 15) is 0 Å². The van der Waals surface area contributed by atoms with Crippen LogP contribution in [0.15, 0.2) is 40.4 Å². The molecule has 0 unspecified atom stereocenters. The van der Waals surface area contributed by atoms with E-state index in [1.165, 1.54) is 6.42 Å². The van der Waals surface area contributed by atoms with Gasteiger partial charge in [-0.15, -0.1) is 16.4 Å². The summed E-state index contributed by atoms with van der Waals surface area (Å²) in [6, 6.07) is 8.33. The molecule has 3 aromatic rings. The Morgan fingerprint density at radius 1 is 1.33 bits per heavy atom. The zero-order chi connectivity index (χ0) is 16.2. The van der Waals surface area contributed by atoms with Crippen molar-refractivity contribution in [3.8, 4) is 10.7 Å². The Morgan fingerprint density at radius 2 is 2.33 bits per heavy atom. The highest BCUT2D eigenvalue weighted by molar-refractivity contribution is 7.13. The Kier molecular flexibility index (Phi) is 4.48. The van der Waals surface area contributed by atoms with Gasteiger partial charge in [-0.3, -0.25) is 0 Å². The molecule has 0 bridgehead atoms. The zero-order valence-electron chi connectivity index (χ0n) is 13.1. The van der Waals surface area contributed by atoms with Crippen molar-refractivity contribution in [1.29, 1.82) is 0 Å². The number of rotatable bonds is 6. The number of nitrogens with one attached hydrogen (secondary N) is 1. The van der Waals surface area contributed by atoms with E-state index >= 15 is 0 Å². The number of anilines is 1. The number of aromatic nitrogens is 4. The van der Waals surface area contributed by atoms with Crippen molar-refractivity contribution in [3.05, 3.63) is 41.7 Å². The fourth-order valence-electron chi connectivity index (χ4n) is 2.97. The van der Waals surface area contributed by atoms with Gasteiger partial charge in [0.25, 0.3) is 0 Å². The molecule has 1 atom stereocenters. The summed E-state index contributed by atoms with van der Waals surface area (Å²) >= 11 is 1.61. The first-order valence-electron chi connectivity index (χ1n) is 8.02. The average molecular weight is 342 g/mol. The van der Waals surface area contributed by atoms with Crippen LogP contribution in [0.3, 0.4) is 0 Å². The molecule has 0 aliphatic carbocycles. The molecule has 1 aliphatic heterocycles. The molecule has 4 rings (SSSR count). The van der Waals surface area contributed by atoms with Gasteiger partial charge < -0.3 is 14.7 Å². The third kappa shape index (κ3) is 3.29. The van der Waals surface area contributed by atoms with Gasteiger partial charge in [0.05, 0.1) is 11.4 Å². The van der Waals surface area contributed by atoms with Gasteiger partial charge in [0, 0.05) is 25.3 Å². The molecule has 1 fully saturated rings. The molecular weight excluding hydrogens is 324 g/mol. The number of nitrogens with zero attached hydrogens (tertiary/aromatic N) is 5. The van der Waals surface area contributed by atoms with Gasteiger partial charge in [0.2, 0.25) is 11.7 Å². The molecule has 4 heterocycles. The largest absolute Gasteiger partial charge is 0.351 e. The molecule has 0 saturated carbocycles. The lowest BCUT2D eigenvalue weighted by Gasteiger charge is -2.25. The summed E-state index contributed by atoms with van der Waals surface area (Å²) in [6.45, 7) is 2.45. The molecule has 124 valence electrons. The van der Waals surface area contributed by atoms with Gasteiger partial charge in [0.15, 0.2) is 5.82 Å². The topological polar surface area (TPSA) is 80.0 Å². The number of thiophene rings is 1. The van der Waals surface area contributed by atoms with Crippen molar-refractivity contribution in [3.63, 3.8) is 0 Å². The quantitative estimate of drug-likeness (QED) is 0.736. The third-order valence-electron chi connectivity index (χ3n) is 4.10. The molecule has 0 amide bonds. The van der Waals surface area contributed by atoms with Crippen LogP contribution in [0, 0.1) is 0 Å². The predicted molar refractivity (Wildman–Crippen MR) is 91.7 cm³/mol. The summed E-state index contributed by atoms with van der Waals surface area (Å²) in [4.78, 5) is 7.76. The standard InChI is InChI=1S/C16H18N6OS/c1-6-14(20-18-7-1)22-8-2-4-12(22)10-17-11-15-19-16(21-23-15)13-5-3-9-24-13/h1,3,5-7,9,12,17H,2,4,8,10-11H2/t12-/m0/s1. The average Bonchev–Trinajstić information content (AvgIpc) is 3.37. The molecule has 1 saturated heterocycles. The van der Waals surface area contributed by atoms with E-state index in [1.807, 2.05) is 29.6 Å². The van der Waals surface area contributed by atoms with Crippen molar-refractivity contribution in [2.24, 2.45) is 0 Å². The van der Waals surface area contributed by atoms with Crippen LogP contribution in [0.4, 0.5) is 5.82 Å². The molecule has 3 aromatic heterocycles. The van der Waals surface area contributed by atoms with E-state index in [1.54, 1.807) is 17.5 Å². The number of hydrogen-bond donors (Lipinski definition) is 1. The van der Waals surface area contributed by atoms with Crippen LogP contribution < -0.4 is 10.2 Å². The maximum Gasteiger partial charge on any atom is 0.240 e. The molecule has 1 N–H and O–H groups in total. The first-order chi connectivity index (χ1) is 11.9. The Labute approximate surface area is 143 Å². The summed E-state index contributed by atoms with van der Waals surface area (Å²) in [7, 11) is 0. The maximum absolute atomic E-state index is 5.31. The summed E-state index contributed by atoms with van der Waals surface area (Å²) < 4.78 is 5.31. The highest BCUT2D eigenvalue weighted by atomic mass is 32.1. The number of hydrogen-bond acceptors (Lipinski definition) is 8. The zero-order valence-corrected chi connectivity index (χ0v) is 13.9. The Balaban J connectivity index is 1.32. The van der Waals surface area contributed by atoms with Gasteiger partial charge >= 0.3 is 0 Å². The summed E-state index contributed by atoms with van der Waals surface area (Å²) in [5, 5.41) is 17.6. The van der Waals surface area contributed by atoms with Crippen LogP contribution in [0.5, 0.6) is 0 Å². The van der Waals surface area contributed by atoms with Gasteiger partial charge in [-0.25, -0.2) is 0 Å². The summed E-state index contributed by atoms with van der Waals surface area (Å²) in [5.41, 5.74) is 0. The van der Waals surface area contributed by atoms with Crippen LogP contribution >= 0.6 is 11.3 Å². The smallest absolute Gasteiger partial charge is 0.240 e. The van der Waals surface area contributed by atoms with Crippen molar-refractivity contribution in [2.75, 3.05) is 18.0 Å². The van der Waals surface area contributed by atoms with Crippen molar-refractivity contribution < 1.29 is 4.52 Å². The first kappa shape index (κ1) is 15.2. The molecule has 24 heavy (non-hydrogen) atoms. The van der Waals surface area contributed by atoms with Gasteiger partial charge in [-0.2, -0.15) is 10.1 Å². The van der Waals surface area contributed by atoms with E-state index < -0.39 is 0 Å². The van der Waals surface area contributed by atoms with Crippen molar-refractivity contribution >= 4 is 17.2 Å². The molecule has 0 spiro atoms. The minimum atomic E-state index is 0.418. The molecule has 7 nitrogen and oxygen atoms in total. The lowest BCUT2D eigenvalue weighted by atomic mass is 10.2. The molecule has 0 aromatic carbocycles. The van der Waals surface area contributed by atoms with Crippen LogP contribution in [0.1, 0.15) is 18.7 Å². The van der Waals surface area contributed by atoms with Crippen LogP contribution in [-0.2, 0) is 6.54 Å². The minimum Gasteiger partial charge on any atom is -0.351 e. The normalized spacial score (nSPS) is 17.5. The Morgan fingerprint density at radius 3 is 3.17 bits per heavy atom. The lowest BCUT2D eigenvalue weighted by molar-refractivity contribution is 0.365. The highest BCUT2D eigenvalue weighted by Crippen LogP contribution is 2.23. The maximum atomic E-state index is 5.31. The summed E-state index contributed by atoms with van der Waals surface area (Å²) in [5.74, 6) is 2.21. The lowest BCUT2D eigenvalue weighted by Crippen LogP contribution is -2.38. The second kappa shape index (κ2) is 7.06. The van der Waals surface area contributed by atoms with Gasteiger partial charge in [0.1, 0.15) is 0 Å². The fourth-order valence-corrected chi connectivity index (χ4v) is 3.62. The molecule has 1 aliphatic rings. The van der Waals surface area contributed by atoms with Gasteiger partial charge in [-0.1, -0.05) is 11.2 Å². The third-order valence-corrected chi connectivity index (χ3v) is 4.96. The van der Waals surface area contributed by atoms with E-state index in [-0.39, 0.29) is 0 Å². The van der Waals surface area contributed by atoms with Gasteiger partial charge in [-0.05, 0) is 36.4 Å². The van der Waals surface area contributed by atoms with Crippen molar-refractivity contribution in [2.45, 2.75) is 25.4 Å². The monoisotopic (exact) mass is 342 g/mol. The Bertz CT molecular complexity index is 760. The van der Waals surface area contributed by atoms with E-state index in [0.717, 1.165) is 30.2 Å². The predicted octanol–water partition coefficient (Wildman–Crippen LogP) is 2.35. The second-order valence-electron chi connectivity index (χ2n) is 5.69. The Hall–Kier alpha value is -2.32. The van der Waals surface area contributed by atoms with Crippen LogP contribution in [-0.4, -0.2) is 39.5 Å². The van der Waals surface area contributed by atoms with E-state index in [4.69, 9.17) is 4.52 Å². The van der Waals surface area contributed by atoms with Crippen LogP contribution in [0.2, 0.25) is 0 Å².